The number of carbonyl (C=O) groups excluding carboxylic acids is 1. The number of aliphatic imine (C=N–C) groups is 1. The maximum Gasteiger partial charge on any atom is 0.298 e. The van der Waals surface area contributed by atoms with Crippen molar-refractivity contribution in [3.63, 3.8) is 0 Å². The third-order valence-electron chi connectivity index (χ3n) is 5.35. The second kappa shape index (κ2) is 7.91. The van der Waals surface area contributed by atoms with E-state index in [-0.39, 0.29) is 11.6 Å². The van der Waals surface area contributed by atoms with E-state index in [0.717, 1.165) is 29.9 Å². The molecule has 2 aromatic carbocycles. The summed E-state index contributed by atoms with van der Waals surface area (Å²) in [5.74, 6) is 1.08. The lowest BCUT2D eigenvalue weighted by Gasteiger charge is -2.10. The summed E-state index contributed by atoms with van der Waals surface area (Å²) >= 11 is 0. The first-order valence-corrected chi connectivity index (χ1v) is 9.97. The average molecular weight is 396 g/mol. The van der Waals surface area contributed by atoms with Gasteiger partial charge in [-0.3, -0.25) is 4.79 Å². The van der Waals surface area contributed by atoms with E-state index in [9.17, 15) is 4.79 Å². The third-order valence-corrected chi connectivity index (χ3v) is 5.35. The van der Waals surface area contributed by atoms with Crippen LogP contribution in [0.5, 0.6) is 0 Å². The number of rotatable bonds is 4. The fraction of sp³-hybridized carbons (Fsp3) is 0.167. The van der Waals surface area contributed by atoms with Gasteiger partial charge in [-0.2, -0.15) is 0 Å². The Kier molecular flexibility index (Phi) is 4.81. The van der Waals surface area contributed by atoms with Gasteiger partial charge in [-0.1, -0.05) is 53.7 Å². The molecule has 1 atom stereocenters. The van der Waals surface area contributed by atoms with Crippen LogP contribution in [0, 0.1) is 0 Å². The number of fused-ring (bicyclic) bond motifs is 3. The molecule has 0 N–H and O–H groups in total. The first-order chi connectivity index (χ1) is 14.8. The number of nitrogens with zero attached hydrogens (tertiary/aromatic N) is 4. The molecule has 0 saturated carbocycles. The first-order valence-electron chi connectivity index (χ1n) is 9.97. The van der Waals surface area contributed by atoms with E-state index in [1.807, 2.05) is 48.7 Å². The van der Waals surface area contributed by atoms with Gasteiger partial charge in [0.05, 0.1) is 5.92 Å². The van der Waals surface area contributed by atoms with Crippen molar-refractivity contribution in [3.8, 4) is 5.69 Å². The summed E-state index contributed by atoms with van der Waals surface area (Å²) in [5, 5.41) is 3.90. The maximum absolute atomic E-state index is 12.6. The third kappa shape index (κ3) is 3.59. The van der Waals surface area contributed by atoms with E-state index in [2.05, 4.69) is 31.8 Å². The number of carbonyl (C=O) groups is 1. The zero-order chi connectivity index (χ0) is 20.3. The molecule has 5 rings (SSSR count). The molecule has 0 bridgehead atoms. The molecule has 30 heavy (non-hydrogen) atoms. The normalized spacial score (nSPS) is 15.5. The molecule has 148 valence electrons. The predicted octanol–water partition coefficient (Wildman–Crippen LogP) is 4.39. The van der Waals surface area contributed by atoms with Gasteiger partial charge in [0.2, 0.25) is 0 Å². The standard InChI is InChI=1S/C24H20N4O2/c29-24(21-15-20(30-27-21)14-17-6-2-1-3-7-17)26-16-19-11-10-18-8-4-5-9-22(18)28-13-12-25-23(19)28/h1-9,12-13,15-16,19H,10-11,14H2/b26-16+/t19-/m1/s1. The van der Waals surface area contributed by atoms with Gasteiger partial charge in [0, 0.05) is 36.8 Å². The number of amides is 1. The van der Waals surface area contributed by atoms with E-state index in [1.54, 1.807) is 18.5 Å². The van der Waals surface area contributed by atoms with Crippen molar-refractivity contribution in [2.75, 3.05) is 0 Å². The van der Waals surface area contributed by atoms with Crippen LogP contribution in [0.2, 0.25) is 0 Å². The van der Waals surface area contributed by atoms with Gasteiger partial charge in [-0.05, 0) is 30.0 Å². The van der Waals surface area contributed by atoms with Crippen LogP contribution in [0.3, 0.4) is 0 Å². The number of aromatic nitrogens is 3. The Morgan fingerprint density at radius 2 is 2.00 bits per heavy atom. The lowest BCUT2D eigenvalue weighted by Crippen LogP contribution is -2.08. The summed E-state index contributed by atoms with van der Waals surface area (Å²) in [6.45, 7) is 0. The zero-order valence-corrected chi connectivity index (χ0v) is 16.3. The van der Waals surface area contributed by atoms with Crippen LogP contribution < -0.4 is 0 Å². The molecule has 0 aliphatic carbocycles. The highest BCUT2D eigenvalue weighted by atomic mass is 16.5. The van der Waals surface area contributed by atoms with Crippen molar-refractivity contribution in [1.82, 2.24) is 14.7 Å². The molecule has 3 heterocycles. The summed E-state index contributed by atoms with van der Waals surface area (Å²) in [6.07, 6.45) is 7.75. The van der Waals surface area contributed by atoms with Crippen LogP contribution in [-0.4, -0.2) is 26.8 Å². The molecule has 0 fully saturated rings. The van der Waals surface area contributed by atoms with Crippen LogP contribution >= 0.6 is 0 Å². The highest BCUT2D eigenvalue weighted by Crippen LogP contribution is 2.29. The number of para-hydroxylation sites is 1. The van der Waals surface area contributed by atoms with E-state index in [4.69, 9.17) is 4.52 Å². The Balaban J connectivity index is 1.33. The summed E-state index contributed by atoms with van der Waals surface area (Å²) in [6, 6.07) is 19.9. The molecule has 2 aromatic heterocycles. The maximum atomic E-state index is 12.6. The molecule has 0 unspecified atom stereocenters. The fourth-order valence-electron chi connectivity index (χ4n) is 3.85. The van der Waals surface area contributed by atoms with Crippen LogP contribution in [0.4, 0.5) is 0 Å². The predicted molar refractivity (Wildman–Crippen MR) is 113 cm³/mol. The van der Waals surface area contributed by atoms with Crippen LogP contribution in [0.15, 0.2) is 82.6 Å². The van der Waals surface area contributed by atoms with Gasteiger partial charge in [-0.25, -0.2) is 9.98 Å². The van der Waals surface area contributed by atoms with Gasteiger partial charge in [0.25, 0.3) is 5.91 Å². The Morgan fingerprint density at radius 3 is 2.90 bits per heavy atom. The average Bonchev–Trinajstić information content (AvgIpc) is 3.42. The minimum Gasteiger partial charge on any atom is -0.360 e. The summed E-state index contributed by atoms with van der Waals surface area (Å²) in [7, 11) is 0. The minimum atomic E-state index is -0.405. The smallest absolute Gasteiger partial charge is 0.298 e. The highest BCUT2D eigenvalue weighted by Gasteiger charge is 2.22. The second-order valence-corrected chi connectivity index (χ2v) is 7.35. The van der Waals surface area contributed by atoms with Gasteiger partial charge in [0.15, 0.2) is 5.69 Å². The van der Waals surface area contributed by atoms with E-state index in [1.165, 1.54) is 5.56 Å². The van der Waals surface area contributed by atoms with Crippen molar-refractivity contribution < 1.29 is 9.32 Å². The van der Waals surface area contributed by atoms with E-state index >= 15 is 0 Å². The van der Waals surface area contributed by atoms with Gasteiger partial charge >= 0.3 is 0 Å². The zero-order valence-electron chi connectivity index (χ0n) is 16.3. The molecular formula is C24H20N4O2. The summed E-state index contributed by atoms with van der Waals surface area (Å²) in [5.41, 5.74) is 3.72. The van der Waals surface area contributed by atoms with Crippen LogP contribution in [0.1, 0.15) is 45.5 Å². The Hall–Kier alpha value is -3.80. The molecule has 4 aromatic rings. The Labute approximate surface area is 173 Å². The molecule has 0 radical (unpaired) electrons. The van der Waals surface area contributed by atoms with Crippen molar-refractivity contribution in [2.24, 2.45) is 4.99 Å². The topological polar surface area (TPSA) is 73.3 Å². The molecule has 1 aliphatic heterocycles. The van der Waals surface area contributed by atoms with Crippen LogP contribution in [-0.2, 0) is 12.8 Å². The van der Waals surface area contributed by atoms with Crippen molar-refractivity contribution in [3.05, 3.63) is 101 Å². The quantitative estimate of drug-likeness (QED) is 0.480. The monoisotopic (exact) mass is 396 g/mol. The van der Waals surface area contributed by atoms with Crippen molar-refractivity contribution in [1.29, 1.82) is 0 Å². The minimum absolute atomic E-state index is 0.0490. The lowest BCUT2D eigenvalue weighted by atomic mass is 10.0. The number of hydrogen-bond acceptors (Lipinski definition) is 4. The van der Waals surface area contributed by atoms with Crippen LogP contribution in [0.25, 0.3) is 5.69 Å². The second-order valence-electron chi connectivity index (χ2n) is 7.35. The molecule has 6 nitrogen and oxygen atoms in total. The first kappa shape index (κ1) is 18.2. The Bertz CT molecular complexity index is 1210. The molecular weight excluding hydrogens is 376 g/mol. The van der Waals surface area contributed by atoms with Gasteiger partial charge in [-0.15, -0.1) is 0 Å². The number of imidazole rings is 1. The highest BCUT2D eigenvalue weighted by molar-refractivity contribution is 5.98. The largest absolute Gasteiger partial charge is 0.360 e. The van der Waals surface area contributed by atoms with Gasteiger partial charge in [0.1, 0.15) is 11.6 Å². The molecule has 6 heteroatoms. The summed E-state index contributed by atoms with van der Waals surface area (Å²) < 4.78 is 7.41. The SMILES string of the molecule is O=C(/N=C/[C@H]1CCc2ccccc2-n2ccnc21)c1cc(Cc2ccccc2)on1. The van der Waals surface area contributed by atoms with Crippen molar-refractivity contribution >= 4 is 12.1 Å². The number of aryl methyl sites for hydroxylation is 1. The molecule has 0 spiro atoms. The number of hydrogen-bond donors (Lipinski definition) is 0. The Morgan fingerprint density at radius 1 is 1.17 bits per heavy atom. The molecule has 1 amide bonds. The molecule has 0 saturated heterocycles. The van der Waals surface area contributed by atoms with E-state index in [0.29, 0.717) is 12.2 Å². The van der Waals surface area contributed by atoms with E-state index < -0.39 is 5.91 Å². The fourth-order valence-corrected chi connectivity index (χ4v) is 3.85. The summed E-state index contributed by atoms with van der Waals surface area (Å²) in [4.78, 5) is 21.3. The lowest BCUT2D eigenvalue weighted by molar-refractivity contribution is 0.0994. The number of benzene rings is 2. The molecule has 1 aliphatic rings. The van der Waals surface area contributed by atoms with Gasteiger partial charge < -0.3 is 9.09 Å². The van der Waals surface area contributed by atoms with Crippen molar-refractivity contribution in [2.45, 2.75) is 25.2 Å².